The van der Waals surface area contributed by atoms with Crippen molar-refractivity contribution < 1.29 is 0 Å². The molecule has 1 atom stereocenters. The molecule has 0 bridgehead atoms. The number of azo groups is 1. The van der Waals surface area contributed by atoms with E-state index in [2.05, 4.69) is 51.8 Å². The Bertz CT molecular complexity index is 248. The third-order valence-corrected chi connectivity index (χ3v) is 2.36. The van der Waals surface area contributed by atoms with Gasteiger partial charge in [0.05, 0.1) is 12.2 Å². The zero-order chi connectivity index (χ0) is 10.3. The van der Waals surface area contributed by atoms with E-state index in [1.54, 1.807) is 0 Å². The molecule has 0 aromatic carbocycles. The van der Waals surface area contributed by atoms with Gasteiger partial charge in [-0.3, -0.25) is 0 Å². The molecule has 0 saturated carbocycles. The first-order valence-corrected chi connectivity index (χ1v) is 4.83. The van der Waals surface area contributed by atoms with Gasteiger partial charge >= 0.3 is 0 Å². The molecular formula is C11H20N2. The average Bonchev–Trinajstić information content (AvgIpc) is 2.27. The second-order valence-electron chi connectivity index (χ2n) is 5.83. The van der Waals surface area contributed by atoms with Crippen molar-refractivity contribution >= 4 is 0 Å². The summed E-state index contributed by atoms with van der Waals surface area (Å²) in [6.45, 7) is 13.3. The van der Waals surface area contributed by atoms with Crippen LogP contribution in [-0.4, -0.2) is 6.04 Å². The van der Waals surface area contributed by atoms with Gasteiger partial charge in [0.1, 0.15) is 0 Å². The van der Waals surface area contributed by atoms with E-state index in [1.807, 2.05) is 6.20 Å². The first-order valence-electron chi connectivity index (χ1n) is 4.83. The van der Waals surface area contributed by atoms with Crippen LogP contribution in [0.2, 0.25) is 0 Å². The Hall–Kier alpha value is -0.660. The van der Waals surface area contributed by atoms with E-state index in [9.17, 15) is 0 Å². The van der Waals surface area contributed by atoms with Gasteiger partial charge in [-0.1, -0.05) is 41.5 Å². The van der Waals surface area contributed by atoms with Crippen molar-refractivity contribution in [1.82, 2.24) is 0 Å². The van der Waals surface area contributed by atoms with Crippen LogP contribution >= 0.6 is 0 Å². The molecule has 0 aliphatic carbocycles. The van der Waals surface area contributed by atoms with Crippen LogP contribution in [-0.2, 0) is 0 Å². The van der Waals surface area contributed by atoms with Crippen molar-refractivity contribution in [2.75, 3.05) is 0 Å². The van der Waals surface area contributed by atoms with Crippen molar-refractivity contribution in [3.8, 4) is 0 Å². The standard InChI is InChI=1S/C11H20N2/c1-10(2,3)8-7-12-13-9(8)11(4,5)6/h7,9H,1-6H3. The fourth-order valence-corrected chi connectivity index (χ4v) is 1.54. The molecule has 0 spiro atoms. The van der Waals surface area contributed by atoms with E-state index in [-0.39, 0.29) is 16.9 Å². The molecule has 74 valence electrons. The molecule has 0 fully saturated rings. The van der Waals surface area contributed by atoms with E-state index >= 15 is 0 Å². The third-order valence-electron chi connectivity index (χ3n) is 2.36. The summed E-state index contributed by atoms with van der Waals surface area (Å²) in [6.07, 6.45) is 1.93. The highest BCUT2D eigenvalue weighted by Gasteiger charge is 2.36. The summed E-state index contributed by atoms with van der Waals surface area (Å²) in [5, 5.41) is 8.33. The van der Waals surface area contributed by atoms with Gasteiger partial charge in [0, 0.05) is 0 Å². The summed E-state index contributed by atoms with van der Waals surface area (Å²) < 4.78 is 0. The van der Waals surface area contributed by atoms with Gasteiger partial charge in [-0.05, 0) is 16.4 Å². The second-order valence-corrected chi connectivity index (χ2v) is 5.83. The molecule has 0 radical (unpaired) electrons. The molecule has 1 unspecified atom stereocenters. The Morgan fingerprint density at radius 2 is 1.62 bits per heavy atom. The lowest BCUT2D eigenvalue weighted by Gasteiger charge is -2.32. The SMILES string of the molecule is CC(C)(C)C1=CN=NC1C(C)(C)C. The van der Waals surface area contributed by atoms with Gasteiger partial charge in [-0.25, -0.2) is 0 Å². The van der Waals surface area contributed by atoms with Crippen LogP contribution in [0, 0.1) is 10.8 Å². The first-order chi connectivity index (χ1) is 5.73. The minimum Gasteiger partial charge on any atom is -0.181 e. The maximum atomic E-state index is 4.29. The summed E-state index contributed by atoms with van der Waals surface area (Å²) in [5.74, 6) is 0. The van der Waals surface area contributed by atoms with Crippen molar-refractivity contribution in [3.63, 3.8) is 0 Å². The first kappa shape index (κ1) is 10.4. The molecule has 2 heteroatoms. The number of nitrogens with zero attached hydrogens (tertiary/aromatic N) is 2. The minimum absolute atomic E-state index is 0.180. The molecule has 1 rings (SSSR count). The highest BCUT2D eigenvalue weighted by atomic mass is 15.1. The van der Waals surface area contributed by atoms with Crippen LogP contribution in [0.1, 0.15) is 41.5 Å². The Labute approximate surface area is 81.1 Å². The van der Waals surface area contributed by atoms with Gasteiger partial charge in [0.2, 0.25) is 0 Å². The van der Waals surface area contributed by atoms with Crippen LogP contribution in [0.15, 0.2) is 22.0 Å². The van der Waals surface area contributed by atoms with Crippen molar-refractivity contribution in [2.24, 2.45) is 21.1 Å². The lowest BCUT2D eigenvalue weighted by Crippen LogP contribution is -2.30. The molecule has 0 aromatic rings. The third kappa shape index (κ3) is 2.17. The Morgan fingerprint density at radius 3 is 1.92 bits per heavy atom. The maximum absolute atomic E-state index is 4.29. The number of rotatable bonds is 0. The molecule has 0 N–H and O–H groups in total. The maximum Gasteiger partial charge on any atom is 0.0993 e. The van der Waals surface area contributed by atoms with E-state index in [0.29, 0.717) is 0 Å². The summed E-state index contributed by atoms with van der Waals surface area (Å²) in [5.41, 5.74) is 1.71. The predicted molar refractivity (Wildman–Crippen MR) is 55.6 cm³/mol. The van der Waals surface area contributed by atoms with E-state index in [1.165, 1.54) is 5.57 Å². The number of hydrogen-bond acceptors (Lipinski definition) is 2. The predicted octanol–water partition coefficient (Wildman–Crippen LogP) is 3.80. The lowest BCUT2D eigenvalue weighted by atomic mass is 9.74. The van der Waals surface area contributed by atoms with Crippen LogP contribution in [0.3, 0.4) is 0 Å². The number of hydrogen-bond donors (Lipinski definition) is 0. The van der Waals surface area contributed by atoms with Crippen LogP contribution in [0.25, 0.3) is 0 Å². The van der Waals surface area contributed by atoms with Gasteiger partial charge in [0.15, 0.2) is 0 Å². The van der Waals surface area contributed by atoms with E-state index in [4.69, 9.17) is 0 Å². The quantitative estimate of drug-likeness (QED) is 0.541. The van der Waals surface area contributed by atoms with Crippen LogP contribution in [0.4, 0.5) is 0 Å². The van der Waals surface area contributed by atoms with Crippen LogP contribution in [0.5, 0.6) is 0 Å². The monoisotopic (exact) mass is 180 g/mol. The van der Waals surface area contributed by atoms with Gasteiger partial charge in [0.25, 0.3) is 0 Å². The smallest absolute Gasteiger partial charge is 0.0993 e. The van der Waals surface area contributed by atoms with Crippen molar-refractivity contribution in [1.29, 1.82) is 0 Å². The normalized spacial score (nSPS) is 23.5. The fourth-order valence-electron chi connectivity index (χ4n) is 1.54. The summed E-state index contributed by atoms with van der Waals surface area (Å²) in [6, 6.07) is 0.257. The van der Waals surface area contributed by atoms with E-state index in [0.717, 1.165) is 0 Å². The summed E-state index contributed by atoms with van der Waals surface area (Å²) in [4.78, 5) is 0. The molecule has 0 amide bonds. The highest BCUT2D eigenvalue weighted by molar-refractivity contribution is 5.23. The Kier molecular flexibility index (Phi) is 2.35. The largest absolute Gasteiger partial charge is 0.181 e. The van der Waals surface area contributed by atoms with Gasteiger partial charge in [-0.2, -0.15) is 10.2 Å². The van der Waals surface area contributed by atoms with Crippen molar-refractivity contribution in [2.45, 2.75) is 47.6 Å². The molecule has 1 heterocycles. The minimum atomic E-state index is 0.180. The topological polar surface area (TPSA) is 24.7 Å². The second kappa shape index (κ2) is 2.93. The molecule has 0 aromatic heterocycles. The van der Waals surface area contributed by atoms with Gasteiger partial charge < -0.3 is 0 Å². The molecular weight excluding hydrogens is 160 g/mol. The van der Waals surface area contributed by atoms with Gasteiger partial charge in [-0.15, -0.1) is 0 Å². The molecule has 2 nitrogen and oxygen atoms in total. The highest BCUT2D eigenvalue weighted by Crippen LogP contribution is 2.40. The Balaban J connectivity index is 2.92. The lowest BCUT2D eigenvalue weighted by molar-refractivity contribution is 0.314. The summed E-state index contributed by atoms with van der Waals surface area (Å²) >= 11 is 0. The van der Waals surface area contributed by atoms with Crippen LogP contribution < -0.4 is 0 Å². The molecule has 13 heavy (non-hydrogen) atoms. The van der Waals surface area contributed by atoms with E-state index < -0.39 is 0 Å². The molecule has 0 saturated heterocycles. The zero-order valence-electron chi connectivity index (χ0n) is 9.55. The molecule has 1 aliphatic rings. The fraction of sp³-hybridized carbons (Fsp3) is 0.818. The summed E-state index contributed by atoms with van der Waals surface area (Å²) in [7, 11) is 0. The average molecular weight is 180 g/mol. The molecule has 1 aliphatic heterocycles. The zero-order valence-corrected chi connectivity index (χ0v) is 9.55. The Morgan fingerprint density at radius 1 is 1.08 bits per heavy atom. The van der Waals surface area contributed by atoms with Crippen molar-refractivity contribution in [3.05, 3.63) is 11.8 Å².